The molecule has 0 bridgehead atoms. The van der Waals surface area contributed by atoms with E-state index in [-0.39, 0.29) is 6.42 Å². The maximum absolute atomic E-state index is 11.9. The lowest BCUT2D eigenvalue weighted by atomic mass is 10.1. The van der Waals surface area contributed by atoms with Gasteiger partial charge in [0.15, 0.2) is 0 Å². The van der Waals surface area contributed by atoms with Crippen molar-refractivity contribution in [2.75, 3.05) is 0 Å². The summed E-state index contributed by atoms with van der Waals surface area (Å²) >= 11 is 0. The van der Waals surface area contributed by atoms with E-state index in [0.29, 0.717) is 5.56 Å². The van der Waals surface area contributed by atoms with E-state index < -0.39 is 6.43 Å². The number of benzene rings is 1. The van der Waals surface area contributed by atoms with Gasteiger partial charge in [0.1, 0.15) is 0 Å². The van der Waals surface area contributed by atoms with Crippen LogP contribution in [-0.2, 0) is 12.8 Å². The third-order valence-corrected chi connectivity index (χ3v) is 1.82. The molecule has 1 rings (SSSR count). The van der Waals surface area contributed by atoms with Crippen LogP contribution in [0.4, 0.5) is 8.78 Å². The van der Waals surface area contributed by atoms with Crippen LogP contribution in [0.25, 0.3) is 0 Å². The zero-order valence-corrected chi connectivity index (χ0v) is 7.06. The molecule has 0 fully saturated rings. The third-order valence-electron chi connectivity index (χ3n) is 1.82. The molecule has 66 valence electrons. The molecule has 12 heavy (non-hydrogen) atoms. The molecule has 0 atom stereocenters. The molecule has 0 heterocycles. The van der Waals surface area contributed by atoms with Gasteiger partial charge in [-0.2, -0.15) is 0 Å². The molecule has 0 aliphatic rings. The molecule has 0 unspecified atom stereocenters. The zero-order chi connectivity index (χ0) is 8.97. The summed E-state index contributed by atoms with van der Waals surface area (Å²) in [6, 6.07) is 7.34. The van der Waals surface area contributed by atoms with E-state index in [9.17, 15) is 8.78 Å². The van der Waals surface area contributed by atoms with Crippen molar-refractivity contribution in [1.29, 1.82) is 0 Å². The molecule has 0 radical (unpaired) electrons. The fourth-order valence-electron chi connectivity index (χ4n) is 1.09. The summed E-state index contributed by atoms with van der Waals surface area (Å²) in [6.45, 7) is 2.04. The molecule has 0 saturated heterocycles. The van der Waals surface area contributed by atoms with Crippen LogP contribution in [0.15, 0.2) is 24.3 Å². The van der Waals surface area contributed by atoms with Crippen molar-refractivity contribution in [3.63, 3.8) is 0 Å². The number of alkyl halides is 2. The summed E-state index contributed by atoms with van der Waals surface area (Å²) in [4.78, 5) is 0. The molecule has 0 aliphatic heterocycles. The topological polar surface area (TPSA) is 0 Å². The Kier molecular flexibility index (Phi) is 3.20. The summed E-state index contributed by atoms with van der Waals surface area (Å²) in [5.41, 5.74) is 1.90. The second-order valence-corrected chi connectivity index (χ2v) is 2.77. The normalized spacial score (nSPS) is 10.7. The van der Waals surface area contributed by atoms with Crippen LogP contribution in [0.3, 0.4) is 0 Å². The van der Waals surface area contributed by atoms with Crippen LogP contribution in [0.5, 0.6) is 0 Å². The minimum Gasteiger partial charge on any atom is -0.210 e. The highest BCUT2D eigenvalue weighted by molar-refractivity contribution is 5.22. The van der Waals surface area contributed by atoms with Gasteiger partial charge in [-0.3, -0.25) is 0 Å². The smallest absolute Gasteiger partial charge is 0.210 e. The van der Waals surface area contributed by atoms with Gasteiger partial charge in [-0.15, -0.1) is 0 Å². The predicted octanol–water partition coefficient (Wildman–Crippen LogP) is 3.06. The van der Waals surface area contributed by atoms with Gasteiger partial charge in [0, 0.05) is 6.42 Å². The molecule has 0 nitrogen and oxygen atoms in total. The Balaban J connectivity index is 2.65. The summed E-state index contributed by atoms with van der Waals surface area (Å²) in [5.74, 6) is 0. The largest absolute Gasteiger partial charge is 0.242 e. The Bertz CT molecular complexity index is 226. The van der Waals surface area contributed by atoms with Crippen LogP contribution in [0.1, 0.15) is 18.1 Å². The summed E-state index contributed by atoms with van der Waals surface area (Å²) in [6.07, 6.45) is -1.42. The molecule has 0 spiro atoms. The number of halogens is 2. The van der Waals surface area contributed by atoms with E-state index in [1.54, 1.807) is 12.1 Å². The first-order valence-corrected chi connectivity index (χ1v) is 4.08. The van der Waals surface area contributed by atoms with Crippen LogP contribution in [0, 0.1) is 0 Å². The zero-order valence-electron chi connectivity index (χ0n) is 7.06. The van der Waals surface area contributed by atoms with Gasteiger partial charge in [0.2, 0.25) is 6.43 Å². The van der Waals surface area contributed by atoms with Crippen LogP contribution in [-0.4, -0.2) is 6.43 Å². The highest BCUT2D eigenvalue weighted by atomic mass is 19.3. The fraction of sp³-hybridized carbons (Fsp3) is 0.400. The van der Waals surface area contributed by atoms with Gasteiger partial charge < -0.3 is 0 Å². The van der Waals surface area contributed by atoms with E-state index in [1.165, 1.54) is 5.56 Å². The van der Waals surface area contributed by atoms with E-state index in [1.807, 2.05) is 19.1 Å². The molecule has 1 aromatic rings. The second kappa shape index (κ2) is 4.19. The maximum atomic E-state index is 11.9. The number of rotatable bonds is 3. The lowest BCUT2D eigenvalue weighted by Crippen LogP contribution is -1.96. The highest BCUT2D eigenvalue weighted by Crippen LogP contribution is 2.09. The van der Waals surface area contributed by atoms with Crippen LogP contribution < -0.4 is 0 Å². The fourth-order valence-corrected chi connectivity index (χ4v) is 1.09. The molecule has 1 aromatic carbocycles. The number of hydrogen-bond acceptors (Lipinski definition) is 0. The highest BCUT2D eigenvalue weighted by Gasteiger charge is 2.03. The van der Waals surface area contributed by atoms with E-state index in [4.69, 9.17) is 0 Å². The number of hydrogen-bond donors (Lipinski definition) is 0. The molecular weight excluding hydrogens is 158 g/mol. The van der Waals surface area contributed by atoms with Crippen molar-refractivity contribution in [3.8, 4) is 0 Å². The van der Waals surface area contributed by atoms with Crippen LogP contribution >= 0.6 is 0 Å². The average molecular weight is 170 g/mol. The monoisotopic (exact) mass is 170 g/mol. The van der Waals surface area contributed by atoms with Crippen molar-refractivity contribution in [2.24, 2.45) is 0 Å². The Morgan fingerprint density at radius 3 is 2.00 bits per heavy atom. The van der Waals surface area contributed by atoms with Gasteiger partial charge in [-0.25, -0.2) is 8.78 Å². The van der Waals surface area contributed by atoms with Gasteiger partial charge in [0.25, 0.3) is 0 Å². The Hall–Kier alpha value is -0.920. The molecule has 0 aliphatic carbocycles. The summed E-state index contributed by atoms with van der Waals surface area (Å²) < 4.78 is 23.8. The van der Waals surface area contributed by atoms with Crippen molar-refractivity contribution in [3.05, 3.63) is 35.4 Å². The second-order valence-electron chi connectivity index (χ2n) is 2.77. The molecule has 0 saturated carbocycles. The van der Waals surface area contributed by atoms with Gasteiger partial charge in [0.05, 0.1) is 0 Å². The van der Waals surface area contributed by atoms with E-state index in [2.05, 4.69) is 0 Å². The standard InChI is InChI=1S/C10H12F2/c1-2-8-3-5-9(6-4-8)7-10(11)12/h3-6,10H,2,7H2,1H3. The first-order chi connectivity index (χ1) is 5.72. The molecule has 0 amide bonds. The molecule has 0 N–H and O–H groups in total. The van der Waals surface area contributed by atoms with E-state index >= 15 is 0 Å². The van der Waals surface area contributed by atoms with Gasteiger partial charge in [-0.1, -0.05) is 31.2 Å². The van der Waals surface area contributed by atoms with Gasteiger partial charge >= 0.3 is 0 Å². The third kappa shape index (κ3) is 2.61. The van der Waals surface area contributed by atoms with Crippen molar-refractivity contribution in [1.82, 2.24) is 0 Å². The Labute approximate surface area is 71.2 Å². The predicted molar refractivity (Wildman–Crippen MR) is 45.5 cm³/mol. The average Bonchev–Trinajstić information content (AvgIpc) is 2.05. The van der Waals surface area contributed by atoms with Crippen molar-refractivity contribution >= 4 is 0 Å². The maximum Gasteiger partial charge on any atom is 0.242 e. The van der Waals surface area contributed by atoms with E-state index in [0.717, 1.165) is 6.42 Å². The number of aryl methyl sites for hydroxylation is 1. The van der Waals surface area contributed by atoms with Crippen LogP contribution in [0.2, 0.25) is 0 Å². The minimum absolute atomic E-state index is 0.135. The minimum atomic E-state index is -2.24. The quantitative estimate of drug-likeness (QED) is 0.654. The lowest BCUT2D eigenvalue weighted by Gasteiger charge is -2.01. The first-order valence-electron chi connectivity index (χ1n) is 4.08. The van der Waals surface area contributed by atoms with Crippen molar-refractivity contribution < 1.29 is 8.78 Å². The lowest BCUT2D eigenvalue weighted by molar-refractivity contribution is 0.149. The summed E-state index contributed by atoms with van der Waals surface area (Å²) in [7, 11) is 0. The van der Waals surface area contributed by atoms with Gasteiger partial charge in [-0.05, 0) is 17.5 Å². The molecular formula is C10H12F2. The first kappa shape index (κ1) is 9.17. The molecule has 0 aromatic heterocycles. The summed E-state index contributed by atoms with van der Waals surface area (Å²) in [5, 5.41) is 0. The molecule has 2 heteroatoms. The van der Waals surface area contributed by atoms with Crippen molar-refractivity contribution in [2.45, 2.75) is 26.2 Å². The SMILES string of the molecule is CCc1ccc(CC(F)F)cc1. The Morgan fingerprint density at radius 1 is 1.08 bits per heavy atom. The Morgan fingerprint density at radius 2 is 1.58 bits per heavy atom.